The minimum atomic E-state index is -0.873. The molecule has 0 saturated heterocycles. The molecule has 2 heterocycles. The van der Waals surface area contributed by atoms with Crippen LogP contribution in [0.25, 0.3) is 0 Å². The Bertz CT molecular complexity index is 347. The van der Waals surface area contributed by atoms with E-state index in [-0.39, 0.29) is 0 Å². The third kappa shape index (κ3) is 1.17. The highest BCUT2D eigenvalue weighted by Gasteiger charge is 2.39. The average molecular weight is 197 g/mol. The van der Waals surface area contributed by atoms with Crippen LogP contribution >= 0.6 is 11.3 Å². The Morgan fingerprint density at radius 1 is 1.77 bits per heavy atom. The Labute approximate surface area is 80.4 Å². The van der Waals surface area contributed by atoms with Gasteiger partial charge in [0, 0.05) is 11.4 Å². The Balaban J connectivity index is 2.51. The second kappa shape index (κ2) is 2.82. The zero-order valence-electron chi connectivity index (χ0n) is 7.33. The van der Waals surface area contributed by atoms with Crippen molar-refractivity contribution in [2.45, 2.75) is 18.9 Å². The highest BCUT2D eigenvalue weighted by atomic mass is 32.1. The van der Waals surface area contributed by atoms with Gasteiger partial charge in [-0.1, -0.05) is 0 Å². The van der Waals surface area contributed by atoms with Gasteiger partial charge in [0.2, 0.25) is 0 Å². The van der Waals surface area contributed by atoms with Crippen LogP contribution in [0.3, 0.4) is 0 Å². The zero-order valence-corrected chi connectivity index (χ0v) is 8.15. The first-order chi connectivity index (χ1) is 6.14. The predicted molar refractivity (Wildman–Crippen MR) is 51.0 cm³/mol. The van der Waals surface area contributed by atoms with Crippen molar-refractivity contribution < 1.29 is 9.90 Å². The number of carboxylic acids is 1. The smallest absolute Gasteiger partial charge is 0.329 e. The van der Waals surface area contributed by atoms with Gasteiger partial charge in [-0.3, -0.25) is 5.32 Å². The summed E-state index contributed by atoms with van der Waals surface area (Å²) in [6, 6.07) is 2.02. The number of nitrogens with one attached hydrogen (secondary N) is 1. The molecule has 0 aromatic carbocycles. The Morgan fingerprint density at radius 3 is 3.23 bits per heavy atom. The van der Waals surface area contributed by atoms with Gasteiger partial charge in [0.15, 0.2) is 0 Å². The molecule has 0 aliphatic carbocycles. The first kappa shape index (κ1) is 8.72. The van der Waals surface area contributed by atoms with Crippen molar-refractivity contribution in [2.24, 2.45) is 0 Å². The molecule has 0 saturated carbocycles. The predicted octanol–water partition coefficient (Wildman–Crippen LogP) is 1.19. The van der Waals surface area contributed by atoms with Crippen LogP contribution in [-0.4, -0.2) is 17.6 Å². The van der Waals surface area contributed by atoms with Crippen LogP contribution in [0.1, 0.15) is 17.4 Å². The van der Waals surface area contributed by atoms with E-state index in [2.05, 4.69) is 5.32 Å². The second-order valence-electron chi connectivity index (χ2n) is 3.38. The molecule has 0 amide bonds. The first-order valence-corrected chi connectivity index (χ1v) is 5.08. The monoisotopic (exact) mass is 197 g/mol. The van der Waals surface area contributed by atoms with Gasteiger partial charge in [-0.2, -0.15) is 0 Å². The summed E-state index contributed by atoms with van der Waals surface area (Å²) < 4.78 is 0. The summed E-state index contributed by atoms with van der Waals surface area (Å²) in [5, 5.41) is 14.1. The van der Waals surface area contributed by atoms with E-state index >= 15 is 0 Å². The summed E-state index contributed by atoms with van der Waals surface area (Å²) in [6.45, 7) is 2.47. The normalized spacial score (nSPS) is 26.8. The second-order valence-corrected chi connectivity index (χ2v) is 4.30. The molecule has 13 heavy (non-hydrogen) atoms. The van der Waals surface area contributed by atoms with Crippen LogP contribution in [0, 0.1) is 0 Å². The molecule has 1 aliphatic heterocycles. The van der Waals surface area contributed by atoms with E-state index < -0.39 is 11.5 Å². The van der Waals surface area contributed by atoms with Crippen molar-refractivity contribution in [3.8, 4) is 0 Å². The van der Waals surface area contributed by atoms with E-state index in [1.807, 2.05) is 11.4 Å². The molecule has 1 aromatic rings. The summed E-state index contributed by atoms with van der Waals surface area (Å²) in [5.41, 5.74) is 0.301. The largest absolute Gasteiger partial charge is 0.480 e. The first-order valence-electron chi connectivity index (χ1n) is 4.20. The summed E-state index contributed by atoms with van der Waals surface area (Å²) in [6.07, 6.45) is 0.932. The maximum Gasteiger partial charge on any atom is 0.329 e. The van der Waals surface area contributed by atoms with Gasteiger partial charge in [0.25, 0.3) is 0 Å². The molecule has 1 unspecified atom stereocenters. The molecule has 2 rings (SSSR count). The summed E-state index contributed by atoms with van der Waals surface area (Å²) in [4.78, 5) is 12.0. The fourth-order valence-electron chi connectivity index (χ4n) is 1.67. The number of rotatable bonds is 1. The van der Waals surface area contributed by atoms with E-state index in [1.165, 1.54) is 16.9 Å². The van der Waals surface area contributed by atoms with Gasteiger partial charge < -0.3 is 5.11 Å². The maximum absolute atomic E-state index is 11.1. The van der Waals surface area contributed by atoms with Crippen molar-refractivity contribution in [1.82, 2.24) is 5.32 Å². The number of carbonyl (C=O) groups is 1. The van der Waals surface area contributed by atoms with Gasteiger partial charge in [-0.15, -0.1) is 11.3 Å². The van der Waals surface area contributed by atoms with Crippen LogP contribution in [-0.2, 0) is 16.8 Å². The van der Waals surface area contributed by atoms with Gasteiger partial charge in [-0.25, -0.2) is 4.79 Å². The van der Waals surface area contributed by atoms with E-state index in [9.17, 15) is 4.79 Å². The van der Waals surface area contributed by atoms with Crippen LogP contribution in [0.2, 0.25) is 0 Å². The molecule has 0 spiro atoms. The lowest BCUT2D eigenvalue weighted by Gasteiger charge is -2.30. The lowest BCUT2D eigenvalue weighted by Crippen LogP contribution is -2.49. The fraction of sp³-hybridized carbons (Fsp3) is 0.444. The van der Waals surface area contributed by atoms with Crippen molar-refractivity contribution in [3.63, 3.8) is 0 Å². The molecule has 4 heteroatoms. The van der Waals surface area contributed by atoms with E-state index in [4.69, 9.17) is 5.11 Å². The molecular formula is C9H11NO2S. The molecule has 0 radical (unpaired) electrons. The maximum atomic E-state index is 11.1. The zero-order chi connectivity index (χ0) is 9.47. The van der Waals surface area contributed by atoms with Crippen molar-refractivity contribution in [2.75, 3.05) is 6.54 Å². The van der Waals surface area contributed by atoms with E-state index in [0.29, 0.717) is 0 Å². The molecule has 1 aliphatic rings. The molecule has 0 fully saturated rings. The lowest BCUT2D eigenvalue weighted by atomic mass is 9.92. The molecular weight excluding hydrogens is 186 g/mol. The van der Waals surface area contributed by atoms with E-state index in [1.54, 1.807) is 6.92 Å². The molecule has 1 aromatic heterocycles. The average Bonchev–Trinajstić information content (AvgIpc) is 2.53. The van der Waals surface area contributed by atoms with Crippen LogP contribution in [0.15, 0.2) is 11.4 Å². The van der Waals surface area contributed by atoms with Gasteiger partial charge in [-0.05, 0) is 30.4 Å². The highest BCUT2D eigenvalue weighted by molar-refractivity contribution is 7.10. The molecule has 2 N–H and O–H groups in total. The number of hydrogen-bond donors (Lipinski definition) is 2. The number of carboxylic acid groups (broad SMARTS) is 1. The van der Waals surface area contributed by atoms with E-state index in [0.717, 1.165) is 17.8 Å². The Kier molecular flexibility index (Phi) is 1.89. The number of hydrogen-bond acceptors (Lipinski definition) is 3. The summed E-state index contributed by atoms with van der Waals surface area (Å²) in [5.74, 6) is -0.795. The number of thiophene rings is 1. The topological polar surface area (TPSA) is 49.3 Å². The van der Waals surface area contributed by atoms with Crippen LogP contribution in [0.4, 0.5) is 0 Å². The van der Waals surface area contributed by atoms with Crippen molar-refractivity contribution in [1.29, 1.82) is 0 Å². The molecule has 70 valence electrons. The van der Waals surface area contributed by atoms with Crippen molar-refractivity contribution >= 4 is 17.3 Å². The van der Waals surface area contributed by atoms with Gasteiger partial charge >= 0.3 is 5.97 Å². The molecule has 3 nitrogen and oxygen atoms in total. The third-order valence-corrected chi connectivity index (χ3v) is 3.68. The molecule has 1 atom stereocenters. The fourth-order valence-corrected chi connectivity index (χ4v) is 2.76. The van der Waals surface area contributed by atoms with Crippen LogP contribution in [0.5, 0.6) is 0 Å². The van der Waals surface area contributed by atoms with Gasteiger partial charge in [0.1, 0.15) is 5.54 Å². The summed E-state index contributed by atoms with van der Waals surface area (Å²) >= 11 is 1.52. The minimum absolute atomic E-state index is 0.743. The van der Waals surface area contributed by atoms with Crippen LogP contribution < -0.4 is 5.32 Å². The Morgan fingerprint density at radius 2 is 2.54 bits per heavy atom. The third-order valence-electron chi connectivity index (χ3n) is 2.50. The minimum Gasteiger partial charge on any atom is -0.480 e. The summed E-state index contributed by atoms with van der Waals surface area (Å²) in [7, 11) is 0. The van der Waals surface area contributed by atoms with Crippen molar-refractivity contribution in [3.05, 3.63) is 21.9 Å². The quantitative estimate of drug-likeness (QED) is 0.711. The number of aliphatic carboxylic acids is 1. The molecule has 0 bridgehead atoms. The number of fused-ring (bicyclic) bond motifs is 1. The highest BCUT2D eigenvalue weighted by Crippen LogP contribution is 2.32. The Hall–Kier alpha value is -0.870. The SMILES string of the molecule is CC1(C(=O)O)NCCc2ccsc21. The standard InChI is InChI=1S/C9H11NO2S/c1-9(8(11)12)7-6(2-4-10-9)3-5-13-7/h3,5,10H,2,4H2,1H3,(H,11,12). The lowest BCUT2D eigenvalue weighted by molar-refractivity contribution is -0.144. The van der Waals surface area contributed by atoms with Gasteiger partial charge in [0.05, 0.1) is 0 Å².